The van der Waals surface area contributed by atoms with Gasteiger partial charge in [-0.25, -0.2) is 0 Å². The Balaban J connectivity index is 1.30. The fraction of sp³-hybridized carbons (Fsp3) is 0.700. The van der Waals surface area contributed by atoms with Gasteiger partial charge in [-0.15, -0.1) is 0 Å². The number of hydrogen-bond acceptors (Lipinski definition) is 3. The average molecular weight is 314 g/mol. The fourth-order valence-electron chi connectivity index (χ4n) is 5.16. The van der Waals surface area contributed by atoms with Crippen LogP contribution in [0.4, 0.5) is 0 Å². The van der Waals surface area contributed by atoms with E-state index in [-0.39, 0.29) is 0 Å². The zero-order chi connectivity index (χ0) is 16.0. The van der Waals surface area contributed by atoms with Gasteiger partial charge < -0.3 is 9.64 Å². The SMILES string of the molecule is CN1CCN(C2C3[C@@H]2C(C)(C)[C@H]3COCc2ccccc2)CC1. The van der Waals surface area contributed by atoms with Crippen LogP contribution in [0.2, 0.25) is 0 Å². The van der Waals surface area contributed by atoms with Gasteiger partial charge in [-0.05, 0) is 35.8 Å². The average Bonchev–Trinajstić information content (AvgIpc) is 3.26. The maximum absolute atomic E-state index is 6.08. The third kappa shape index (κ3) is 2.73. The van der Waals surface area contributed by atoms with Gasteiger partial charge in [0.15, 0.2) is 0 Å². The molecule has 0 amide bonds. The Labute approximate surface area is 140 Å². The Bertz CT molecular complexity index is 536. The molecule has 1 aliphatic heterocycles. The van der Waals surface area contributed by atoms with Gasteiger partial charge >= 0.3 is 0 Å². The number of nitrogens with zero attached hydrogens (tertiary/aromatic N) is 2. The van der Waals surface area contributed by atoms with Crippen LogP contribution in [0.25, 0.3) is 0 Å². The topological polar surface area (TPSA) is 15.7 Å². The van der Waals surface area contributed by atoms with E-state index in [1.54, 1.807) is 0 Å². The first-order valence-electron chi connectivity index (χ1n) is 9.13. The van der Waals surface area contributed by atoms with E-state index in [0.29, 0.717) is 5.41 Å². The van der Waals surface area contributed by atoms with Crippen molar-refractivity contribution in [2.75, 3.05) is 39.8 Å². The smallest absolute Gasteiger partial charge is 0.0717 e. The quantitative estimate of drug-likeness (QED) is 0.831. The monoisotopic (exact) mass is 314 g/mol. The maximum atomic E-state index is 6.08. The van der Waals surface area contributed by atoms with Gasteiger partial charge in [-0.3, -0.25) is 4.90 Å². The lowest BCUT2D eigenvalue weighted by molar-refractivity contribution is -0.0322. The molecule has 0 aromatic heterocycles. The van der Waals surface area contributed by atoms with E-state index in [0.717, 1.165) is 37.0 Å². The Kier molecular flexibility index (Phi) is 3.99. The zero-order valence-corrected chi connectivity index (χ0v) is 14.7. The van der Waals surface area contributed by atoms with E-state index in [9.17, 15) is 0 Å². The molecule has 2 saturated carbocycles. The Hall–Kier alpha value is -0.900. The first-order chi connectivity index (χ1) is 11.1. The summed E-state index contributed by atoms with van der Waals surface area (Å²) in [5.41, 5.74) is 1.74. The van der Waals surface area contributed by atoms with Crippen LogP contribution in [0, 0.1) is 23.2 Å². The van der Waals surface area contributed by atoms with Crippen LogP contribution in [0.1, 0.15) is 19.4 Å². The van der Waals surface area contributed by atoms with Crippen molar-refractivity contribution < 1.29 is 4.74 Å². The van der Waals surface area contributed by atoms with Gasteiger partial charge in [0.2, 0.25) is 0 Å². The highest BCUT2D eigenvalue weighted by molar-refractivity contribution is 5.24. The van der Waals surface area contributed by atoms with Crippen molar-refractivity contribution >= 4 is 0 Å². The van der Waals surface area contributed by atoms with Crippen molar-refractivity contribution in [1.82, 2.24) is 9.80 Å². The number of rotatable bonds is 5. The third-order valence-electron chi connectivity index (χ3n) is 6.68. The van der Waals surface area contributed by atoms with Crippen LogP contribution in [0.15, 0.2) is 30.3 Å². The minimum atomic E-state index is 0.454. The number of fused-ring (bicyclic) bond motifs is 1. The molecule has 1 saturated heterocycles. The van der Waals surface area contributed by atoms with E-state index in [2.05, 4.69) is 61.0 Å². The molecule has 3 nitrogen and oxygen atoms in total. The van der Waals surface area contributed by atoms with E-state index in [1.807, 2.05) is 0 Å². The summed E-state index contributed by atoms with van der Waals surface area (Å²) >= 11 is 0. The van der Waals surface area contributed by atoms with Crippen molar-refractivity contribution in [3.63, 3.8) is 0 Å². The molecule has 3 heteroatoms. The van der Waals surface area contributed by atoms with Crippen molar-refractivity contribution in [3.05, 3.63) is 35.9 Å². The Morgan fingerprint density at radius 3 is 2.48 bits per heavy atom. The third-order valence-corrected chi connectivity index (χ3v) is 6.68. The minimum absolute atomic E-state index is 0.454. The summed E-state index contributed by atoms with van der Waals surface area (Å²) in [6, 6.07) is 11.4. The summed E-state index contributed by atoms with van der Waals surface area (Å²) in [7, 11) is 2.24. The predicted molar refractivity (Wildman–Crippen MR) is 93.2 cm³/mol. The number of piperazine rings is 1. The molecule has 3 fully saturated rings. The maximum Gasteiger partial charge on any atom is 0.0717 e. The largest absolute Gasteiger partial charge is 0.376 e. The summed E-state index contributed by atoms with van der Waals surface area (Å²) in [5.74, 6) is 2.54. The molecule has 126 valence electrons. The molecule has 1 heterocycles. The molecular formula is C20H30N2O. The number of benzene rings is 1. The second kappa shape index (κ2) is 5.87. The molecule has 23 heavy (non-hydrogen) atoms. The number of ether oxygens (including phenoxy) is 1. The number of likely N-dealkylation sites (N-methyl/N-ethyl adjacent to an activating group) is 1. The van der Waals surface area contributed by atoms with Gasteiger partial charge in [-0.2, -0.15) is 0 Å². The highest BCUT2D eigenvalue weighted by Crippen LogP contribution is 2.72. The van der Waals surface area contributed by atoms with Crippen molar-refractivity contribution in [1.29, 1.82) is 0 Å². The highest BCUT2D eigenvalue weighted by atomic mass is 16.5. The van der Waals surface area contributed by atoms with E-state index < -0.39 is 0 Å². The molecule has 0 spiro atoms. The molecule has 2 unspecified atom stereocenters. The second-order valence-corrected chi connectivity index (χ2v) is 8.36. The molecule has 0 radical (unpaired) electrons. The van der Waals surface area contributed by atoms with Gasteiger partial charge in [0.25, 0.3) is 0 Å². The summed E-state index contributed by atoms with van der Waals surface area (Å²) in [4.78, 5) is 5.21. The van der Waals surface area contributed by atoms with Crippen LogP contribution in [0.5, 0.6) is 0 Å². The second-order valence-electron chi connectivity index (χ2n) is 8.36. The predicted octanol–water partition coefficient (Wildman–Crippen LogP) is 2.72. The molecule has 0 bridgehead atoms. The summed E-state index contributed by atoms with van der Waals surface area (Å²) < 4.78 is 6.08. The summed E-state index contributed by atoms with van der Waals surface area (Å²) in [6.07, 6.45) is 0. The van der Waals surface area contributed by atoms with E-state index >= 15 is 0 Å². The molecular weight excluding hydrogens is 284 g/mol. The molecule has 4 rings (SSSR count). The van der Waals surface area contributed by atoms with Gasteiger partial charge in [0.05, 0.1) is 13.2 Å². The van der Waals surface area contributed by atoms with Crippen LogP contribution < -0.4 is 0 Å². The first-order valence-corrected chi connectivity index (χ1v) is 9.13. The highest BCUT2D eigenvalue weighted by Gasteiger charge is 2.74. The van der Waals surface area contributed by atoms with Crippen LogP contribution >= 0.6 is 0 Å². The number of hydrogen-bond donors (Lipinski definition) is 0. The van der Waals surface area contributed by atoms with Crippen molar-refractivity contribution in [2.24, 2.45) is 23.2 Å². The van der Waals surface area contributed by atoms with Gasteiger partial charge in [0.1, 0.15) is 0 Å². The molecule has 1 aromatic carbocycles. The lowest BCUT2D eigenvalue weighted by Gasteiger charge is -2.43. The molecule has 3 aliphatic rings. The van der Waals surface area contributed by atoms with Crippen LogP contribution in [-0.2, 0) is 11.3 Å². The Morgan fingerprint density at radius 2 is 1.78 bits per heavy atom. The fourth-order valence-corrected chi connectivity index (χ4v) is 5.16. The molecule has 4 atom stereocenters. The summed E-state index contributed by atoms with van der Waals surface area (Å²) in [6.45, 7) is 11.6. The Morgan fingerprint density at radius 1 is 1.09 bits per heavy atom. The van der Waals surface area contributed by atoms with Crippen LogP contribution in [0.3, 0.4) is 0 Å². The van der Waals surface area contributed by atoms with Gasteiger partial charge in [-0.1, -0.05) is 44.2 Å². The minimum Gasteiger partial charge on any atom is -0.376 e. The lowest BCUT2D eigenvalue weighted by atomic mass is 9.63. The zero-order valence-electron chi connectivity index (χ0n) is 14.7. The standard InChI is InChI=1S/C20H30N2O/c1-20(2)16(14-23-13-15-7-5-4-6-8-15)17-18(20)19(17)22-11-9-21(3)10-12-22/h4-8,16-19H,9-14H2,1-3H3/t16-,17?,18-,19?/m0/s1. The summed E-state index contributed by atoms with van der Waals surface area (Å²) in [5, 5.41) is 0. The van der Waals surface area contributed by atoms with Gasteiger partial charge in [0, 0.05) is 32.2 Å². The van der Waals surface area contributed by atoms with Crippen molar-refractivity contribution in [3.8, 4) is 0 Å². The normalized spacial score (nSPS) is 36.3. The molecule has 2 aliphatic carbocycles. The lowest BCUT2D eigenvalue weighted by Crippen LogP contribution is -2.46. The van der Waals surface area contributed by atoms with Crippen molar-refractivity contribution in [2.45, 2.75) is 26.5 Å². The van der Waals surface area contributed by atoms with E-state index in [1.165, 1.54) is 31.7 Å². The molecule has 0 N–H and O–H groups in total. The van der Waals surface area contributed by atoms with Crippen LogP contribution in [-0.4, -0.2) is 55.7 Å². The molecule has 1 aromatic rings. The first kappa shape index (κ1) is 15.6. The van der Waals surface area contributed by atoms with E-state index in [4.69, 9.17) is 4.74 Å².